The zero-order valence-corrected chi connectivity index (χ0v) is 14.5. The Morgan fingerprint density at radius 1 is 0.760 bits per heavy atom. The minimum absolute atomic E-state index is 1.00. The molecule has 0 amide bonds. The summed E-state index contributed by atoms with van der Waals surface area (Å²) in [6.07, 6.45) is 3.96. The van der Waals surface area contributed by atoms with Gasteiger partial charge in [0.1, 0.15) is 0 Å². The van der Waals surface area contributed by atoms with Gasteiger partial charge in [-0.3, -0.25) is 4.98 Å². The number of aromatic nitrogens is 2. The van der Waals surface area contributed by atoms with Crippen molar-refractivity contribution < 1.29 is 0 Å². The summed E-state index contributed by atoms with van der Waals surface area (Å²) >= 11 is 0. The van der Waals surface area contributed by atoms with Crippen LogP contribution in [0.5, 0.6) is 0 Å². The van der Waals surface area contributed by atoms with Gasteiger partial charge >= 0.3 is 0 Å². The molecule has 0 fully saturated rings. The van der Waals surface area contributed by atoms with Crippen LogP contribution in [0, 0.1) is 13.8 Å². The predicted molar refractivity (Wildman–Crippen MR) is 104 cm³/mol. The molecular formula is C23H20N2. The first kappa shape index (κ1) is 15.4. The lowest BCUT2D eigenvalue weighted by Crippen LogP contribution is -1.98. The van der Waals surface area contributed by atoms with E-state index in [9.17, 15) is 0 Å². The Bertz CT molecular complexity index is 1010. The average Bonchev–Trinajstić information content (AvgIpc) is 3.14. The summed E-state index contributed by atoms with van der Waals surface area (Å²) in [5, 5.41) is 0. The van der Waals surface area contributed by atoms with E-state index in [1.807, 2.05) is 18.3 Å². The van der Waals surface area contributed by atoms with Gasteiger partial charge < -0.3 is 4.57 Å². The zero-order valence-electron chi connectivity index (χ0n) is 14.5. The Hall–Kier alpha value is -3.13. The number of hydrogen-bond acceptors (Lipinski definition) is 1. The molecule has 2 heteroatoms. The molecule has 0 unspecified atom stereocenters. The van der Waals surface area contributed by atoms with Crippen molar-refractivity contribution in [3.8, 4) is 28.2 Å². The molecule has 2 heterocycles. The number of benzene rings is 2. The van der Waals surface area contributed by atoms with Gasteiger partial charge in [0.05, 0.1) is 11.4 Å². The maximum Gasteiger partial charge on any atom is 0.0948 e. The van der Waals surface area contributed by atoms with Gasteiger partial charge in [0, 0.05) is 23.6 Å². The minimum atomic E-state index is 1.00. The van der Waals surface area contributed by atoms with E-state index < -0.39 is 0 Å². The van der Waals surface area contributed by atoms with E-state index in [-0.39, 0.29) is 0 Å². The maximum absolute atomic E-state index is 4.73. The quantitative estimate of drug-likeness (QED) is 0.464. The molecule has 2 aromatic carbocycles. The molecule has 0 spiro atoms. The fourth-order valence-electron chi connectivity index (χ4n) is 3.24. The highest BCUT2D eigenvalue weighted by molar-refractivity contribution is 5.82. The SMILES string of the molecule is Cc1ccc(C)c(-c2cccnc2-c2cccn2-c2ccccc2)c1. The first-order chi connectivity index (χ1) is 12.2. The highest BCUT2D eigenvalue weighted by atomic mass is 15.0. The van der Waals surface area contributed by atoms with Crippen molar-refractivity contribution >= 4 is 0 Å². The second-order valence-corrected chi connectivity index (χ2v) is 6.32. The van der Waals surface area contributed by atoms with Crippen LogP contribution in [0.2, 0.25) is 0 Å². The fourth-order valence-corrected chi connectivity index (χ4v) is 3.24. The van der Waals surface area contributed by atoms with E-state index in [1.54, 1.807) is 0 Å². The molecule has 0 aliphatic carbocycles. The number of aryl methyl sites for hydroxylation is 2. The number of nitrogens with zero attached hydrogens (tertiary/aromatic N) is 2. The average molecular weight is 324 g/mol. The van der Waals surface area contributed by atoms with Gasteiger partial charge in [0.25, 0.3) is 0 Å². The number of rotatable bonds is 3. The van der Waals surface area contributed by atoms with E-state index in [2.05, 4.69) is 85.3 Å². The monoisotopic (exact) mass is 324 g/mol. The number of pyridine rings is 1. The molecule has 0 radical (unpaired) electrons. The number of para-hydroxylation sites is 1. The van der Waals surface area contributed by atoms with E-state index in [0.717, 1.165) is 17.1 Å². The van der Waals surface area contributed by atoms with Crippen LogP contribution in [0.15, 0.2) is 85.2 Å². The van der Waals surface area contributed by atoms with Crippen molar-refractivity contribution in [3.63, 3.8) is 0 Å². The third-order valence-electron chi connectivity index (χ3n) is 4.52. The van der Waals surface area contributed by atoms with Crippen LogP contribution in [0.4, 0.5) is 0 Å². The van der Waals surface area contributed by atoms with Crippen molar-refractivity contribution in [2.75, 3.05) is 0 Å². The molecule has 0 saturated heterocycles. The Kier molecular flexibility index (Phi) is 3.95. The molecule has 0 atom stereocenters. The lowest BCUT2D eigenvalue weighted by Gasteiger charge is -2.14. The van der Waals surface area contributed by atoms with Gasteiger partial charge in [-0.05, 0) is 55.3 Å². The fraction of sp³-hybridized carbons (Fsp3) is 0.0870. The summed E-state index contributed by atoms with van der Waals surface area (Å²) in [6, 6.07) is 25.3. The summed E-state index contributed by atoms with van der Waals surface area (Å²) in [4.78, 5) is 4.73. The van der Waals surface area contributed by atoms with E-state index >= 15 is 0 Å². The van der Waals surface area contributed by atoms with Crippen LogP contribution in [-0.4, -0.2) is 9.55 Å². The molecular weight excluding hydrogens is 304 g/mol. The highest BCUT2D eigenvalue weighted by Gasteiger charge is 2.14. The third-order valence-corrected chi connectivity index (χ3v) is 4.52. The minimum Gasteiger partial charge on any atom is -0.315 e. The smallest absolute Gasteiger partial charge is 0.0948 e. The molecule has 0 bridgehead atoms. The van der Waals surface area contributed by atoms with Gasteiger partial charge in [0.2, 0.25) is 0 Å². The molecule has 0 saturated carbocycles. The summed E-state index contributed by atoms with van der Waals surface area (Å²) in [7, 11) is 0. The van der Waals surface area contributed by atoms with E-state index in [1.165, 1.54) is 22.3 Å². The number of hydrogen-bond donors (Lipinski definition) is 0. The highest BCUT2D eigenvalue weighted by Crippen LogP contribution is 2.34. The molecule has 2 nitrogen and oxygen atoms in total. The summed E-state index contributed by atoms with van der Waals surface area (Å²) in [6.45, 7) is 4.29. The lowest BCUT2D eigenvalue weighted by atomic mass is 9.96. The maximum atomic E-state index is 4.73. The van der Waals surface area contributed by atoms with Gasteiger partial charge in [-0.1, -0.05) is 48.0 Å². The largest absolute Gasteiger partial charge is 0.315 e. The molecule has 25 heavy (non-hydrogen) atoms. The molecule has 122 valence electrons. The van der Waals surface area contributed by atoms with Gasteiger partial charge in [-0.15, -0.1) is 0 Å². The summed E-state index contributed by atoms with van der Waals surface area (Å²) in [5.41, 5.74) is 8.17. The molecule has 4 aromatic rings. The third kappa shape index (κ3) is 2.87. The first-order valence-corrected chi connectivity index (χ1v) is 8.50. The Balaban J connectivity index is 1.92. The Labute approximate surface area is 148 Å². The Morgan fingerprint density at radius 2 is 1.60 bits per heavy atom. The lowest BCUT2D eigenvalue weighted by molar-refractivity contribution is 1.07. The van der Waals surface area contributed by atoms with Crippen LogP contribution in [-0.2, 0) is 0 Å². The van der Waals surface area contributed by atoms with Gasteiger partial charge in [-0.2, -0.15) is 0 Å². The second kappa shape index (κ2) is 6.40. The molecule has 0 N–H and O–H groups in total. The summed E-state index contributed by atoms with van der Waals surface area (Å²) < 4.78 is 2.19. The zero-order chi connectivity index (χ0) is 17.2. The normalized spacial score (nSPS) is 10.8. The van der Waals surface area contributed by atoms with E-state index in [0.29, 0.717) is 0 Å². The molecule has 0 aliphatic heterocycles. The first-order valence-electron chi connectivity index (χ1n) is 8.50. The van der Waals surface area contributed by atoms with Crippen molar-refractivity contribution in [1.29, 1.82) is 0 Å². The van der Waals surface area contributed by atoms with E-state index in [4.69, 9.17) is 4.98 Å². The second-order valence-electron chi connectivity index (χ2n) is 6.32. The van der Waals surface area contributed by atoms with Crippen LogP contribution in [0.3, 0.4) is 0 Å². The van der Waals surface area contributed by atoms with Crippen LogP contribution < -0.4 is 0 Å². The van der Waals surface area contributed by atoms with Crippen molar-refractivity contribution in [1.82, 2.24) is 9.55 Å². The topological polar surface area (TPSA) is 17.8 Å². The Morgan fingerprint density at radius 3 is 2.44 bits per heavy atom. The van der Waals surface area contributed by atoms with Gasteiger partial charge in [-0.25, -0.2) is 0 Å². The van der Waals surface area contributed by atoms with Crippen molar-refractivity contribution in [3.05, 3.63) is 96.3 Å². The summed E-state index contributed by atoms with van der Waals surface area (Å²) in [5.74, 6) is 0. The standard InChI is InChI=1S/C23H20N2/c1-17-12-13-18(2)21(16-17)20-10-6-14-24-23(20)22-11-7-15-25(22)19-8-4-3-5-9-19/h3-16H,1-2H3. The van der Waals surface area contributed by atoms with Crippen molar-refractivity contribution in [2.24, 2.45) is 0 Å². The van der Waals surface area contributed by atoms with Gasteiger partial charge in [0.15, 0.2) is 0 Å². The van der Waals surface area contributed by atoms with Crippen LogP contribution in [0.25, 0.3) is 28.2 Å². The molecule has 0 aliphatic rings. The molecule has 4 rings (SSSR count). The van der Waals surface area contributed by atoms with Crippen LogP contribution >= 0.6 is 0 Å². The predicted octanol–water partition coefficient (Wildman–Crippen LogP) is 5.82. The molecule has 2 aromatic heterocycles. The van der Waals surface area contributed by atoms with Crippen LogP contribution in [0.1, 0.15) is 11.1 Å². The van der Waals surface area contributed by atoms with Crippen molar-refractivity contribution in [2.45, 2.75) is 13.8 Å².